The normalized spacial score (nSPS) is 17.1. The van der Waals surface area contributed by atoms with Crippen molar-refractivity contribution in [1.29, 1.82) is 0 Å². The maximum atomic E-state index is 13.3. The Labute approximate surface area is 202 Å². The van der Waals surface area contributed by atoms with E-state index in [1.165, 1.54) is 18.6 Å². The van der Waals surface area contributed by atoms with Crippen molar-refractivity contribution in [2.24, 2.45) is 0 Å². The Bertz CT molecular complexity index is 1600. The minimum atomic E-state index is -2.63. The Hall–Kier alpha value is -4.41. The number of rotatable bonds is 6. The summed E-state index contributed by atoms with van der Waals surface area (Å²) in [6.07, 6.45) is 5.21. The van der Waals surface area contributed by atoms with Crippen LogP contribution in [0.1, 0.15) is 40.7 Å². The van der Waals surface area contributed by atoms with E-state index in [2.05, 4.69) is 20.6 Å². The maximum absolute atomic E-state index is 13.3. The highest BCUT2D eigenvalue weighted by Crippen LogP contribution is 2.43. The van der Waals surface area contributed by atoms with Crippen LogP contribution >= 0.6 is 0 Å². The predicted octanol–water partition coefficient (Wildman–Crippen LogP) is 5.63. The van der Waals surface area contributed by atoms with Crippen molar-refractivity contribution < 1.29 is 22.5 Å². The maximum Gasteiger partial charge on any atom is 0.318 e. The second-order valence-corrected chi connectivity index (χ2v) is 8.73. The van der Waals surface area contributed by atoms with Gasteiger partial charge in [-0.1, -0.05) is 17.3 Å². The fourth-order valence-electron chi connectivity index (χ4n) is 4.05. The molecule has 0 aliphatic heterocycles. The number of amides is 1. The van der Waals surface area contributed by atoms with Crippen molar-refractivity contribution in [3.05, 3.63) is 78.2 Å². The van der Waals surface area contributed by atoms with Gasteiger partial charge in [-0.3, -0.25) is 9.36 Å². The Morgan fingerprint density at radius 1 is 1.14 bits per heavy atom. The molecule has 1 aromatic carbocycles. The second-order valence-electron chi connectivity index (χ2n) is 8.73. The Morgan fingerprint density at radius 2 is 1.94 bits per heavy atom. The van der Waals surface area contributed by atoms with Gasteiger partial charge >= 0.3 is 6.55 Å². The van der Waals surface area contributed by atoms with Gasteiger partial charge in [-0.25, -0.2) is 8.91 Å². The fourth-order valence-corrected chi connectivity index (χ4v) is 4.05. The van der Waals surface area contributed by atoms with Crippen LogP contribution in [0, 0.1) is 6.92 Å². The molecule has 182 valence electrons. The van der Waals surface area contributed by atoms with Crippen LogP contribution in [0.25, 0.3) is 28.0 Å². The lowest BCUT2D eigenvalue weighted by Gasteiger charge is -2.09. The van der Waals surface area contributed by atoms with E-state index in [-0.39, 0.29) is 17.7 Å². The summed E-state index contributed by atoms with van der Waals surface area (Å²) < 4.78 is 46.8. The number of hydrogen-bond donors (Lipinski definition) is 1. The van der Waals surface area contributed by atoms with Gasteiger partial charge in [0, 0.05) is 29.8 Å². The summed E-state index contributed by atoms with van der Waals surface area (Å²) in [6.45, 7) is -0.785. The zero-order valence-corrected chi connectivity index (χ0v) is 18.9. The number of alkyl halides is 3. The zero-order valence-electron chi connectivity index (χ0n) is 18.9. The van der Waals surface area contributed by atoms with Crippen LogP contribution in [0.4, 0.5) is 18.9 Å². The minimum absolute atomic E-state index is 0.273. The molecular formula is C25H19F3N6O2. The van der Waals surface area contributed by atoms with E-state index in [0.29, 0.717) is 45.7 Å². The number of hydrogen-bond acceptors (Lipinski definition) is 5. The van der Waals surface area contributed by atoms with Gasteiger partial charge in [-0.05, 0) is 54.3 Å². The quantitative estimate of drug-likeness (QED) is 0.332. The van der Waals surface area contributed by atoms with Crippen LogP contribution in [0.2, 0.25) is 0 Å². The number of nitrogens with one attached hydrogen (secondary N) is 1. The van der Waals surface area contributed by atoms with Crippen molar-refractivity contribution in [3.8, 4) is 22.5 Å². The molecule has 36 heavy (non-hydrogen) atoms. The molecule has 4 heterocycles. The van der Waals surface area contributed by atoms with Gasteiger partial charge < -0.3 is 9.84 Å². The molecule has 8 nitrogen and oxygen atoms in total. The van der Waals surface area contributed by atoms with E-state index in [9.17, 15) is 18.0 Å². The van der Waals surface area contributed by atoms with Gasteiger partial charge in [-0.2, -0.15) is 18.9 Å². The molecule has 1 aliphatic carbocycles. The molecular weight excluding hydrogens is 473 g/mol. The van der Waals surface area contributed by atoms with Crippen molar-refractivity contribution >= 4 is 17.1 Å². The number of carbonyl (C=O) groups is 1. The third-order valence-corrected chi connectivity index (χ3v) is 6.25. The SMILES string of the molecule is Cc1ccc(-c2noc([C@H]3C[C@@H]3F)n2)cc1NC(=O)c1cnn2ccc(-c3ccn(C(F)F)c3)cc12. The molecule has 1 amide bonds. The summed E-state index contributed by atoms with van der Waals surface area (Å²) in [7, 11) is 0. The first-order valence-corrected chi connectivity index (χ1v) is 11.2. The molecule has 0 saturated heterocycles. The molecule has 0 bridgehead atoms. The lowest BCUT2D eigenvalue weighted by atomic mass is 10.1. The highest BCUT2D eigenvalue weighted by Gasteiger charge is 2.43. The van der Waals surface area contributed by atoms with Crippen LogP contribution in [-0.4, -0.2) is 36.4 Å². The molecule has 1 N–H and O–H groups in total. The van der Waals surface area contributed by atoms with E-state index in [1.54, 1.807) is 41.0 Å². The summed E-state index contributed by atoms with van der Waals surface area (Å²) >= 11 is 0. The summed E-state index contributed by atoms with van der Waals surface area (Å²) in [4.78, 5) is 17.5. The molecule has 1 aliphatic rings. The van der Waals surface area contributed by atoms with Crippen molar-refractivity contribution in [3.63, 3.8) is 0 Å². The van der Waals surface area contributed by atoms with Crippen molar-refractivity contribution in [2.75, 3.05) is 5.32 Å². The van der Waals surface area contributed by atoms with E-state index in [0.717, 1.165) is 10.1 Å². The Morgan fingerprint density at radius 3 is 2.69 bits per heavy atom. The minimum Gasteiger partial charge on any atom is -0.339 e. The monoisotopic (exact) mass is 492 g/mol. The first-order chi connectivity index (χ1) is 17.4. The first-order valence-electron chi connectivity index (χ1n) is 11.2. The smallest absolute Gasteiger partial charge is 0.318 e. The van der Waals surface area contributed by atoms with E-state index >= 15 is 0 Å². The molecule has 0 unspecified atom stereocenters. The largest absolute Gasteiger partial charge is 0.339 e. The van der Waals surface area contributed by atoms with Gasteiger partial charge in [-0.15, -0.1) is 0 Å². The average molecular weight is 492 g/mol. The lowest BCUT2D eigenvalue weighted by Crippen LogP contribution is -2.12. The fraction of sp³-hybridized carbons (Fsp3) is 0.200. The molecule has 1 fully saturated rings. The van der Waals surface area contributed by atoms with Crippen LogP contribution in [0.5, 0.6) is 0 Å². The Kier molecular flexibility index (Phi) is 5.13. The average Bonchev–Trinajstić information content (AvgIpc) is 3.32. The number of aromatic nitrogens is 5. The number of benzene rings is 1. The van der Waals surface area contributed by atoms with Crippen molar-refractivity contribution in [2.45, 2.75) is 32.0 Å². The van der Waals surface area contributed by atoms with Gasteiger partial charge in [0.15, 0.2) is 0 Å². The van der Waals surface area contributed by atoms with Crippen LogP contribution in [0.3, 0.4) is 0 Å². The zero-order chi connectivity index (χ0) is 25.0. The molecule has 0 radical (unpaired) electrons. The third kappa shape index (κ3) is 3.92. The van der Waals surface area contributed by atoms with E-state index < -0.39 is 12.7 Å². The summed E-state index contributed by atoms with van der Waals surface area (Å²) in [5.74, 6) is -0.143. The second kappa shape index (κ2) is 8.36. The van der Waals surface area contributed by atoms with Gasteiger partial charge in [0.1, 0.15) is 6.17 Å². The number of aryl methyl sites for hydroxylation is 1. The Balaban J connectivity index is 1.28. The highest BCUT2D eigenvalue weighted by molar-refractivity contribution is 6.09. The highest BCUT2D eigenvalue weighted by atomic mass is 19.3. The summed E-state index contributed by atoms with van der Waals surface area (Å²) in [5.41, 5.74) is 4.09. The van der Waals surface area contributed by atoms with Gasteiger partial charge in [0.25, 0.3) is 5.91 Å². The molecule has 4 aromatic heterocycles. The molecule has 2 atom stereocenters. The van der Waals surface area contributed by atoms with Crippen molar-refractivity contribution in [1.82, 2.24) is 24.3 Å². The number of pyridine rings is 1. The third-order valence-electron chi connectivity index (χ3n) is 6.25. The predicted molar refractivity (Wildman–Crippen MR) is 125 cm³/mol. The van der Waals surface area contributed by atoms with E-state index in [1.807, 2.05) is 13.0 Å². The van der Waals surface area contributed by atoms with E-state index in [4.69, 9.17) is 4.52 Å². The van der Waals surface area contributed by atoms with Crippen LogP contribution in [-0.2, 0) is 0 Å². The molecule has 6 rings (SSSR count). The van der Waals surface area contributed by atoms with Gasteiger partial charge in [0.05, 0.1) is 23.2 Å². The number of nitrogens with zero attached hydrogens (tertiary/aromatic N) is 5. The number of halogens is 3. The standard InChI is InChI=1S/C25H19F3N6O2/c1-13-2-3-15(22-31-24(36-32-22)17-10-19(17)26)8-20(13)30-23(35)18-11-29-34-7-5-14(9-21(18)34)16-4-6-33(12-16)25(27)28/h2-9,11-12,17,19,25H,10H2,1H3,(H,30,35)/t17-,19-/m0/s1. The number of fused-ring (bicyclic) bond motifs is 1. The lowest BCUT2D eigenvalue weighted by molar-refractivity contribution is 0.0707. The number of anilines is 1. The topological polar surface area (TPSA) is 90.2 Å². The summed E-state index contributed by atoms with van der Waals surface area (Å²) in [6, 6.07) is 10.4. The van der Waals surface area contributed by atoms with Crippen LogP contribution in [0.15, 0.2) is 65.7 Å². The molecule has 11 heteroatoms. The summed E-state index contributed by atoms with van der Waals surface area (Å²) in [5, 5.41) is 11.1. The first kappa shape index (κ1) is 22.1. The number of carbonyl (C=O) groups excluding carboxylic acids is 1. The molecule has 1 saturated carbocycles. The van der Waals surface area contributed by atoms with Gasteiger partial charge in [0.2, 0.25) is 11.7 Å². The van der Waals surface area contributed by atoms with Crippen LogP contribution < -0.4 is 5.32 Å². The molecule has 5 aromatic rings. The molecule has 0 spiro atoms.